The van der Waals surface area contributed by atoms with E-state index in [2.05, 4.69) is 9.71 Å². The van der Waals surface area contributed by atoms with Gasteiger partial charge in [0.2, 0.25) is 15.9 Å². The summed E-state index contributed by atoms with van der Waals surface area (Å²) in [6.45, 7) is 0.0414. The first-order chi connectivity index (χ1) is 12.0. The number of sulfonamides is 1. The summed E-state index contributed by atoms with van der Waals surface area (Å²) >= 11 is 12.0. The highest BCUT2D eigenvalue weighted by Crippen LogP contribution is 2.29. The Hall–Kier alpha value is -1.34. The maximum atomic E-state index is 12.6. The van der Waals surface area contributed by atoms with Gasteiger partial charge in [-0.3, -0.25) is 0 Å². The molecule has 0 aliphatic heterocycles. The Morgan fingerprint density at radius 2 is 1.80 bits per heavy atom. The van der Waals surface area contributed by atoms with Crippen LogP contribution in [0.4, 0.5) is 0 Å². The minimum absolute atomic E-state index is 0.0414. The van der Waals surface area contributed by atoms with E-state index in [1.54, 1.807) is 24.4 Å². The number of halogens is 2. The third kappa shape index (κ3) is 4.44. The molecule has 0 atom stereocenters. The second-order valence-corrected chi connectivity index (χ2v) is 8.39. The Kier molecular flexibility index (Phi) is 5.84. The maximum absolute atomic E-state index is 12.6. The molecule has 1 saturated carbocycles. The normalized spacial score (nSPS) is 15.4. The van der Waals surface area contributed by atoms with Crippen molar-refractivity contribution in [2.45, 2.75) is 43.2 Å². The summed E-state index contributed by atoms with van der Waals surface area (Å²) in [5, 5.41) is 0.155. The number of nitrogens with zero attached hydrogens (tertiary/aromatic N) is 1. The van der Waals surface area contributed by atoms with E-state index in [1.807, 2.05) is 0 Å². The first kappa shape index (κ1) is 18.5. The molecular formula is C17H18Cl2N2O3S. The van der Waals surface area contributed by atoms with Crippen LogP contribution >= 0.6 is 23.2 Å². The lowest BCUT2D eigenvalue weighted by Crippen LogP contribution is -2.25. The molecule has 0 amide bonds. The number of pyridine rings is 1. The van der Waals surface area contributed by atoms with Gasteiger partial charge < -0.3 is 4.74 Å². The van der Waals surface area contributed by atoms with Crippen molar-refractivity contribution in [3.8, 4) is 5.88 Å². The summed E-state index contributed by atoms with van der Waals surface area (Å²) in [7, 11) is -3.86. The molecule has 8 heteroatoms. The molecule has 1 heterocycles. The summed E-state index contributed by atoms with van der Waals surface area (Å²) in [5.74, 6) is 0.461. The summed E-state index contributed by atoms with van der Waals surface area (Å²) in [5.41, 5.74) is 0.668. The molecule has 0 unspecified atom stereocenters. The van der Waals surface area contributed by atoms with Crippen molar-refractivity contribution in [3.63, 3.8) is 0 Å². The summed E-state index contributed by atoms with van der Waals surface area (Å²) in [6, 6.07) is 8.10. The molecule has 1 aromatic carbocycles. The number of rotatable bonds is 6. The quantitative estimate of drug-likeness (QED) is 0.788. The first-order valence-corrected chi connectivity index (χ1v) is 10.3. The minimum Gasteiger partial charge on any atom is -0.474 e. The number of nitrogens with one attached hydrogen (secondary N) is 1. The fourth-order valence-corrected chi connectivity index (χ4v) is 4.96. The average molecular weight is 401 g/mol. The largest absolute Gasteiger partial charge is 0.474 e. The van der Waals surface area contributed by atoms with E-state index in [0.717, 1.165) is 25.7 Å². The van der Waals surface area contributed by atoms with Gasteiger partial charge in [-0.2, -0.15) is 0 Å². The molecule has 1 fully saturated rings. The number of ether oxygens (including phenoxy) is 1. The first-order valence-electron chi connectivity index (χ1n) is 8.01. The second-order valence-electron chi connectivity index (χ2n) is 5.87. The lowest BCUT2D eigenvalue weighted by molar-refractivity contribution is 0.199. The van der Waals surface area contributed by atoms with Crippen LogP contribution < -0.4 is 9.46 Å². The van der Waals surface area contributed by atoms with Crippen LogP contribution in [0.15, 0.2) is 41.4 Å². The third-order valence-electron chi connectivity index (χ3n) is 4.07. The van der Waals surface area contributed by atoms with E-state index in [1.165, 1.54) is 12.1 Å². The molecule has 25 heavy (non-hydrogen) atoms. The van der Waals surface area contributed by atoms with E-state index in [-0.39, 0.29) is 27.6 Å². The molecule has 5 nitrogen and oxygen atoms in total. The lowest BCUT2D eigenvalue weighted by Gasteiger charge is -2.16. The van der Waals surface area contributed by atoms with Crippen molar-refractivity contribution in [2.24, 2.45) is 0 Å². The van der Waals surface area contributed by atoms with Crippen LogP contribution in [0.3, 0.4) is 0 Å². The van der Waals surface area contributed by atoms with Crippen molar-refractivity contribution in [3.05, 3.63) is 52.1 Å². The molecule has 0 bridgehead atoms. The fraction of sp³-hybridized carbons (Fsp3) is 0.353. The number of hydrogen-bond donors (Lipinski definition) is 1. The smallest absolute Gasteiger partial charge is 0.243 e. The highest BCUT2D eigenvalue weighted by atomic mass is 35.5. The van der Waals surface area contributed by atoms with Crippen LogP contribution in [-0.2, 0) is 16.6 Å². The Labute approximate surface area is 157 Å². The van der Waals surface area contributed by atoms with Crippen molar-refractivity contribution in [1.82, 2.24) is 9.71 Å². The molecule has 0 radical (unpaired) electrons. The standard InChI is InChI=1S/C17H18Cl2N2O3S/c18-14-8-3-9-15(19)16(14)25(22,23)21-11-12-5-4-10-20-17(12)24-13-6-1-2-7-13/h3-5,8-10,13,21H,1-2,6-7,11H2. The predicted molar refractivity (Wildman–Crippen MR) is 97.6 cm³/mol. The number of aromatic nitrogens is 1. The van der Waals surface area contributed by atoms with Gasteiger partial charge in [-0.1, -0.05) is 35.3 Å². The van der Waals surface area contributed by atoms with Crippen molar-refractivity contribution >= 4 is 33.2 Å². The molecular weight excluding hydrogens is 383 g/mol. The van der Waals surface area contributed by atoms with Gasteiger partial charge in [-0.05, 0) is 43.9 Å². The predicted octanol–water partition coefficient (Wildman–Crippen LogP) is 4.19. The van der Waals surface area contributed by atoms with Gasteiger partial charge in [-0.25, -0.2) is 18.1 Å². The van der Waals surface area contributed by atoms with Crippen molar-refractivity contribution in [2.75, 3.05) is 0 Å². The maximum Gasteiger partial charge on any atom is 0.243 e. The van der Waals surface area contributed by atoms with Gasteiger partial charge in [0.1, 0.15) is 11.0 Å². The summed E-state index contributed by atoms with van der Waals surface area (Å²) in [4.78, 5) is 4.12. The monoisotopic (exact) mass is 400 g/mol. The highest BCUT2D eigenvalue weighted by molar-refractivity contribution is 7.89. The molecule has 1 aliphatic rings. The van der Waals surface area contributed by atoms with E-state index in [4.69, 9.17) is 27.9 Å². The van der Waals surface area contributed by atoms with E-state index >= 15 is 0 Å². The SMILES string of the molecule is O=S(=O)(NCc1cccnc1OC1CCCC1)c1c(Cl)cccc1Cl. The fourth-order valence-electron chi connectivity index (χ4n) is 2.81. The van der Waals surface area contributed by atoms with Crippen LogP contribution in [-0.4, -0.2) is 19.5 Å². The third-order valence-corrected chi connectivity index (χ3v) is 6.43. The van der Waals surface area contributed by atoms with Crippen LogP contribution in [0, 0.1) is 0 Å². The zero-order valence-corrected chi connectivity index (χ0v) is 15.7. The molecule has 2 aromatic rings. The van der Waals surface area contributed by atoms with Gasteiger partial charge in [-0.15, -0.1) is 0 Å². The Morgan fingerprint density at radius 1 is 1.12 bits per heavy atom. The van der Waals surface area contributed by atoms with Crippen LogP contribution in [0.2, 0.25) is 10.0 Å². The lowest BCUT2D eigenvalue weighted by atomic mass is 10.2. The van der Waals surface area contributed by atoms with Crippen LogP contribution in [0.5, 0.6) is 5.88 Å². The Balaban J connectivity index is 1.77. The van der Waals surface area contributed by atoms with Gasteiger partial charge in [0, 0.05) is 18.3 Å². The zero-order chi connectivity index (χ0) is 17.9. The van der Waals surface area contributed by atoms with Crippen molar-refractivity contribution < 1.29 is 13.2 Å². The summed E-state index contributed by atoms with van der Waals surface area (Å²) < 4.78 is 33.6. The average Bonchev–Trinajstić information content (AvgIpc) is 3.07. The topological polar surface area (TPSA) is 68.3 Å². The van der Waals surface area contributed by atoms with Gasteiger partial charge >= 0.3 is 0 Å². The minimum atomic E-state index is -3.86. The van der Waals surface area contributed by atoms with Crippen molar-refractivity contribution in [1.29, 1.82) is 0 Å². The molecule has 0 saturated heterocycles. The van der Waals surface area contributed by atoms with Gasteiger partial charge in [0.05, 0.1) is 10.0 Å². The summed E-state index contributed by atoms with van der Waals surface area (Å²) in [6.07, 6.45) is 6.05. The molecule has 1 aliphatic carbocycles. The van der Waals surface area contributed by atoms with Gasteiger partial charge in [0.15, 0.2) is 0 Å². The Bertz CT molecular complexity index is 832. The van der Waals surface area contributed by atoms with Gasteiger partial charge in [0.25, 0.3) is 0 Å². The molecule has 1 aromatic heterocycles. The van der Waals surface area contributed by atoms with E-state index in [0.29, 0.717) is 11.4 Å². The molecule has 3 rings (SSSR count). The highest BCUT2D eigenvalue weighted by Gasteiger charge is 2.23. The van der Waals surface area contributed by atoms with E-state index < -0.39 is 10.0 Å². The van der Waals surface area contributed by atoms with E-state index in [9.17, 15) is 8.42 Å². The van der Waals surface area contributed by atoms with Crippen LogP contribution in [0.1, 0.15) is 31.2 Å². The zero-order valence-electron chi connectivity index (χ0n) is 13.4. The molecule has 134 valence electrons. The van der Waals surface area contributed by atoms with Crippen LogP contribution in [0.25, 0.3) is 0 Å². The second kappa shape index (κ2) is 7.91. The molecule has 0 spiro atoms. The number of hydrogen-bond acceptors (Lipinski definition) is 4. The number of benzene rings is 1. The molecule has 1 N–H and O–H groups in total. The Morgan fingerprint density at radius 3 is 2.48 bits per heavy atom.